The van der Waals surface area contributed by atoms with Gasteiger partial charge in [0.15, 0.2) is 0 Å². The molecule has 5 nitrogen and oxygen atoms in total. The zero-order chi connectivity index (χ0) is 13.7. The number of nitrogens with zero attached hydrogens (tertiary/aromatic N) is 1. The van der Waals surface area contributed by atoms with Crippen molar-refractivity contribution in [2.24, 2.45) is 5.92 Å². The van der Waals surface area contributed by atoms with Gasteiger partial charge in [0.1, 0.15) is 0 Å². The summed E-state index contributed by atoms with van der Waals surface area (Å²) in [7, 11) is 1.62. The van der Waals surface area contributed by atoms with E-state index in [2.05, 4.69) is 5.32 Å². The normalized spacial score (nSPS) is 23.0. The zero-order valence-electron chi connectivity index (χ0n) is 11.7. The Labute approximate surface area is 109 Å². The summed E-state index contributed by atoms with van der Waals surface area (Å²) in [5, 5.41) is 2.93. The first-order chi connectivity index (χ1) is 8.49. The Bertz CT molecular complexity index is 307. The molecule has 3 atom stereocenters. The highest BCUT2D eigenvalue weighted by Crippen LogP contribution is 2.20. The van der Waals surface area contributed by atoms with Crippen molar-refractivity contribution >= 4 is 11.8 Å². The summed E-state index contributed by atoms with van der Waals surface area (Å²) in [6.07, 6.45) is 1.21. The highest BCUT2D eigenvalue weighted by atomic mass is 16.5. The number of hydrogen-bond donors (Lipinski definition) is 1. The molecular weight excluding hydrogens is 232 g/mol. The van der Waals surface area contributed by atoms with Crippen LogP contribution in [0.1, 0.15) is 33.6 Å². The second-order valence-electron chi connectivity index (χ2n) is 5.07. The second-order valence-corrected chi connectivity index (χ2v) is 5.07. The first kappa shape index (κ1) is 15.0. The van der Waals surface area contributed by atoms with Crippen molar-refractivity contribution in [3.63, 3.8) is 0 Å². The van der Waals surface area contributed by atoms with E-state index < -0.39 is 0 Å². The number of carbonyl (C=O) groups excluding carboxylic acids is 2. The Morgan fingerprint density at radius 1 is 1.56 bits per heavy atom. The van der Waals surface area contributed by atoms with Crippen molar-refractivity contribution in [1.29, 1.82) is 0 Å². The second kappa shape index (κ2) is 6.73. The van der Waals surface area contributed by atoms with Crippen LogP contribution in [0.3, 0.4) is 0 Å². The zero-order valence-corrected chi connectivity index (χ0v) is 11.7. The maximum Gasteiger partial charge on any atom is 0.225 e. The fourth-order valence-corrected chi connectivity index (χ4v) is 2.13. The Balaban J connectivity index is 2.52. The predicted octanol–water partition coefficient (Wildman–Crippen LogP) is 0.785. The number of carbonyl (C=O) groups is 2. The fraction of sp³-hybridized carbons (Fsp3) is 0.846. The monoisotopic (exact) mass is 256 g/mol. The van der Waals surface area contributed by atoms with E-state index in [0.717, 1.165) is 6.42 Å². The van der Waals surface area contributed by atoms with Crippen LogP contribution in [-0.2, 0) is 14.3 Å². The van der Waals surface area contributed by atoms with E-state index in [4.69, 9.17) is 4.74 Å². The van der Waals surface area contributed by atoms with Gasteiger partial charge in [-0.2, -0.15) is 0 Å². The first-order valence-electron chi connectivity index (χ1n) is 6.58. The highest BCUT2D eigenvalue weighted by Gasteiger charge is 2.36. The Morgan fingerprint density at radius 2 is 2.22 bits per heavy atom. The summed E-state index contributed by atoms with van der Waals surface area (Å²) < 4.78 is 5.05. The average Bonchev–Trinajstić information content (AvgIpc) is 2.71. The number of hydrogen-bond acceptors (Lipinski definition) is 3. The average molecular weight is 256 g/mol. The lowest BCUT2D eigenvalue weighted by Gasteiger charge is -2.24. The molecule has 1 N–H and O–H groups in total. The summed E-state index contributed by atoms with van der Waals surface area (Å²) in [6.45, 7) is 6.95. The van der Waals surface area contributed by atoms with E-state index in [9.17, 15) is 9.59 Å². The number of amides is 2. The fourth-order valence-electron chi connectivity index (χ4n) is 2.13. The van der Waals surface area contributed by atoms with Gasteiger partial charge in [-0.1, -0.05) is 6.92 Å². The van der Waals surface area contributed by atoms with Crippen LogP contribution in [0.25, 0.3) is 0 Å². The number of rotatable bonds is 6. The highest BCUT2D eigenvalue weighted by molar-refractivity contribution is 5.89. The smallest absolute Gasteiger partial charge is 0.225 e. The van der Waals surface area contributed by atoms with Crippen molar-refractivity contribution in [1.82, 2.24) is 10.2 Å². The van der Waals surface area contributed by atoms with E-state index >= 15 is 0 Å². The molecule has 0 aromatic carbocycles. The minimum Gasteiger partial charge on any atom is -0.383 e. The van der Waals surface area contributed by atoms with Gasteiger partial charge >= 0.3 is 0 Å². The van der Waals surface area contributed by atoms with Gasteiger partial charge in [0, 0.05) is 26.1 Å². The molecule has 0 radical (unpaired) electrons. The molecule has 1 rings (SSSR count). The molecule has 5 heteroatoms. The largest absolute Gasteiger partial charge is 0.383 e. The van der Waals surface area contributed by atoms with Crippen LogP contribution >= 0.6 is 0 Å². The molecule has 1 heterocycles. The molecule has 18 heavy (non-hydrogen) atoms. The molecule has 0 bridgehead atoms. The van der Waals surface area contributed by atoms with Gasteiger partial charge in [-0.15, -0.1) is 0 Å². The molecule has 1 aliphatic heterocycles. The van der Waals surface area contributed by atoms with Crippen LogP contribution in [0.4, 0.5) is 0 Å². The molecule has 1 saturated heterocycles. The molecule has 104 valence electrons. The third kappa shape index (κ3) is 3.70. The topological polar surface area (TPSA) is 58.6 Å². The van der Waals surface area contributed by atoms with Crippen molar-refractivity contribution in [2.75, 3.05) is 20.3 Å². The minimum atomic E-state index is -0.217. The number of nitrogens with one attached hydrogen (secondary N) is 1. The minimum absolute atomic E-state index is 0.00943. The van der Waals surface area contributed by atoms with Crippen molar-refractivity contribution in [2.45, 2.75) is 45.7 Å². The van der Waals surface area contributed by atoms with Crippen LogP contribution in [-0.4, -0.2) is 49.1 Å². The van der Waals surface area contributed by atoms with Gasteiger partial charge in [0.25, 0.3) is 0 Å². The molecular formula is C13H24N2O3. The molecule has 2 amide bonds. The number of likely N-dealkylation sites (tertiary alicyclic amines) is 1. The third-order valence-electron chi connectivity index (χ3n) is 3.47. The van der Waals surface area contributed by atoms with E-state index in [-0.39, 0.29) is 29.8 Å². The summed E-state index contributed by atoms with van der Waals surface area (Å²) in [6, 6.07) is 0.196. The first-order valence-corrected chi connectivity index (χ1v) is 6.58. The molecule has 1 fully saturated rings. The molecule has 0 unspecified atom stereocenters. The lowest BCUT2D eigenvalue weighted by Crippen LogP contribution is -2.40. The summed E-state index contributed by atoms with van der Waals surface area (Å²) in [4.78, 5) is 25.6. The Morgan fingerprint density at radius 3 is 2.78 bits per heavy atom. The van der Waals surface area contributed by atoms with Crippen LogP contribution in [0.5, 0.6) is 0 Å². The quantitative estimate of drug-likeness (QED) is 0.764. The predicted molar refractivity (Wildman–Crippen MR) is 69.1 cm³/mol. The van der Waals surface area contributed by atoms with Crippen LogP contribution in [0.15, 0.2) is 0 Å². The molecule has 0 saturated carbocycles. The van der Waals surface area contributed by atoms with Crippen LogP contribution in [0.2, 0.25) is 0 Å². The van der Waals surface area contributed by atoms with E-state index in [1.165, 1.54) is 0 Å². The van der Waals surface area contributed by atoms with E-state index in [0.29, 0.717) is 19.6 Å². The maximum absolute atomic E-state index is 12.0. The van der Waals surface area contributed by atoms with Gasteiger partial charge in [-0.25, -0.2) is 0 Å². The van der Waals surface area contributed by atoms with Gasteiger partial charge in [-0.3, -0.25) is 9.59 Å². The van der Waals surface area contributed by atoms with Gasteiger partial charge in [0.2, 0.25) is 11.8 Å². The lowest BCUT2D eigenvalue weighted by atomic mass is 10.1. The van der Waals surface area contributed by atoms with Gasteiger partial charge < -0.3 is 15.0 Å². The van der Waals surface area contributed by atoms with Crippen LogP contribution < -0.4 is 5.32 Å². The molecule has 0 aliphatic carbocycles. The van der Waals surface area contributed by atoms with Crippen molar-refractivity contribution < 1.29 is 14.3 Å². The SMILES string of the molecule is CC[C@@H](C)NC(=O)[C@@H]1CC(=O)N([C@@H](C)COC)C1. The van der Waals surface area contributed by atoms with Crippen molar-refractivity contribution in [3.8, 4) is 0 Å². The number of ether oxygens (including phenoxy) is 1. The summed E-state index contributed by atoms with van der Waals surface area (Å²) >= 11 is 0. The molecule has 0 spiro atoms. The standard InChI is InChI=1S/C13H24N2O3/c1-5-9(2)14-13(17)11-6-12(16)15(7-11)10(3)8-18-4/h9-11H,5-8H2,1-4H3,(H,14,17)/t9-,10+,11-/m1/s1. The molecule has 0 aromatic heterocycles. The van der Waals surface area contributed by atoms with Crippen molar-refractivity contribution in [3.05, 3.63) is 0 Å². The van der Waals surface area contributed by atoms with Gasteiger partial charge in [-0.05, 0) is 20.3 Å². The number of methoxy groups -OCH3 is 1. The van der Waals surface area contributed by atoms with E-state index in [1.807, 2.05) is 20.8 Å². The summed E-state index contributed by atoms with van der Waals surface area (Å²) in [5.41, 5.74) is 0. The molecule has 1 aliphatic rings. The summed E-state index contributed by atoms with van der Waals surface area (Å²) in [5.74, 6) is -0.181. The van der Waals surface area contributed by atoms with Crippen LogP contribution in [0, 0.1) is 5.92 Å². The Kier molecular flexibility index (Phi) is 5.59. The lowest BCUT2D eigenvalue weighted by molar-refractivity contribution is -0.130. The third-order valence-corrected chi connectivity index (χ3v) is 3.47. The Hall–Kier alpha value is -1.10. The van der Waals surface area contributed by atoms with E-state index in [1.54, 1.807) is 12.0 Å². The maximum atomic E-state index is 12.0. The molecule has 0 aromatic rings. The van der Waals surface area contributed by atoms with Gasteiger partial charge in [0.05, 0.1) is 18.6 Å².